The highest BCUT2D eigenvalue weighted by molar-refractivity contribution is 7.89. The Morgan fingerprint density at radius 3 is 2.60 bits per heavy atom. The van der Waals surface area contributed by atoms with Crippen molar-refractivity contribution in [2.45, 2.75) is 24.8 Å². The number of carbonyl (C=O) groups excluding carboxylic acids is 2. The number of amides is 1. The van der Waals surface area contributed by atoms with Gasteiger partial charge in [-0.3, -0.25) is 9.59 Å². The Balaban J connectivity index is 1.48. The quantitative estimate of drug-likeness (QED) is 0.684. The van der Waals surface area contributed by atoms with Crippen LogP contribution in [0.25, 0.3) is 0 Å². The minimum Gasteiger partial charge on any atom is -0.455 e. The average Bonchev–Trinajstić information content (AvgIpc) is 3.05. The van der Waals surface area contributed by atoms with Gasteiger partial charge >= 0.3 is 5.97 Å². The molecule has 0 aliphatic carbocycles. The highest BCUT2D eigenvalue weighted by Gasteiger charge is 2.34. The largest absolute Gasteiger partial charge is 0.455 e. The van der Waals surface area contributed by atoms with E-state index in [2.05, 4.69) is 10.3 Å². The van der Waals surface area contributed by atoms with Crippen molar-refractivity contribution in [1.82, 2.24) is 13.9 Å². The van der Waals surface area contributed by atoms with Gasteiger partial charge in [0.1, 0.15) is 11.6 Å². The number of anilines is 1. The van der Waals surface area contributed by atoms with Gasteiger partial charge in [-0.05, 0) is 38.0 Å². The summed E-state index contributed by atoms with van der Waals surface area (Å²) in [6, 6.07) is 5.36. The zero-order valence-electron chi connectivity index (χ0n) is 16.7. The molecule has 30 heavy (non-hydrogen) atoms. The van der Waals surface area contributed by atoms with E-state index >= 15 is 0 Å². The highest BCUT2D eigenvalue weighted by atomic mass is 32.2. The summed E-state index contributed by atoms with van der Waals surface area (Å²) in [6.45, 7) is 1.53. The maximum absolute atomic E-state index is 13.1. The third kappa shape index (κ3) is 5.03. The Hall–Kier alpha value is -2.79. The molecule has 1 N–H and O–H groups in total. The van der Waals surface area contributed by atoms with Crippen LogP contribution in [-0.2, 0) is 31.4 Å². The van der Waals surface area contributed by atoms with Crippen molar-refractivity contribution in [2.75, 3.05) is 25.0 Å². The van der Waals surface area contributed by atoms with Crippen molar-refractivity contribution in [1.29, 1.82) is 0 Å². The van der Waals surface area contributed by atoms with Crippen LogP contribution in [0.1, 0.15) is 18.7 Å². The summed E-state index contributed by atoms with van der Waals surface area (Å²) in [6.07, 6.45) is 2.03. The lowest BCUT2D eigenvalue weighted by atomic mass is 9.98. The monoisotopic (exact) mass is 438 g/mol. The first-order chi connectivity index (χ1) is 14.2. The third-order valence-corrected chi connectivity index (χ3v) is 6.70. The maximum Gasteiger partial charge on any atom is 0.309 e. The molecular weight excluding hydrogens is 415 g/mol. The lowest BCUT2D eigenvalue weighted by Crippen LogP contribution is -2.41. The first kappa shape index (κ1) is 21.9. The van der Waals surface area contributed by atoms with E-state index in [1.807, 2.05) is 0 Å². The fourth-order valence-corrected chi connectivity index (χ4v) is 4.63. The number of aromatic nitrogens is 2. The van der Waals surface area contributed by atoms with Crippen LogP contribution in [0, 0.1) is 18.7 Å². The number of aryl methyl sites for hydroxylation is 2. The summed E-state index contributed by atoms with van der Waals surface area (Å²) in [4.78, 5) is 28.2. The van der Waals surface area contributed by atoms with Gasteiger partial charge in [-0.15, -0.1) is 0 Å². The van der Waals surface area contributed by atoms with Crippen LogP contribution < -0.4 is 5.32 Å². The number of sulfonamides is 1. The van der Waals surface area contributed by atoms with Crippen molar-refractivity contribution in [3.05, 3.63) is 42.1 Å². The molecule has 2 heterocycles. The number of nitrogens with zero attached hydrogens (tertiary/aromatic N) is 3. The Kier molecular flexibility index (Phi) is 6.52. The third-order valence-electron chi connectivity index (χ3n) is 4.93. The van der Waals surface area contributed by atoms with E-state index in [4.69, 9.17) is 4.74 Å². The minimum absolute atomic E-state index is 0.0162. The lowest BCUT2D eigenvalue weighted by Gasteiger charge is -2.29. The highest BCUT2D eigenvalue weighted by Crippen LogP contribution is 2.24. The van der Waals surface area contributed by atoms with Crippen molar-refractivity contribution in [3.8, 4) is 0 Å². The Labute approximate surface area is 173 Å². The second kappa shape index (κ2) is 8.92. The topological polar surface area (TPSA) is 111 Å². The SMILES string of the molecule is Cc1nc(S(=O)(=O)N2CCC(C(=O)OCC(=O)Nc3cccc(F)c3)CC2)cn1C. The molecule has 11 heteroatoms. The normalized spacial score (nSPS) is 15.7. The van der Waals surface area contributed by atoms with Gasteiger partial charge in [-0.2, -0.15) is 4.31 Å². The van der Waals surface area contributed by atoms with E-state index in [-0.39, 0.29) is 36.6 Å². The predicted octanol–water partition coefficient (Wildman–Crippen LogP) is 1.45. The van der Waals surface area contributed by atoms with Gasteiger partial charge < -0.3 is 14.6 Å². The summed E-state index contributed by atoms with van der Waals surface area (Å²) in [5, 5.41) is 2.42. The summed E-state index contributed by atoms with van der Waals surface area (Å²) < 4.78 is 46.5. The zero-order chi connectivity index (χ0) is 21.9. The second-order valence-corrected chi connectivity index (χ2v) is 8.97. The van der Waals surface area contributed by atoms with Gasteiger partial charge in [0.25, 0.3) is 15.9 Å². The average molecular weight is 438 g/mol. The van der Waals surface area contributed by atoms with E-state index in [1.54, 1.807) is 18.5 Å². The maximum atomic E-state index is 13.1. The zero-order valence-corrected chi connectivity index (χ0v) is 17.5. The first-order valence-corrected chi connectivity index (χ1v) is 10.8. The number of hydrogen-bond donors (Lipinski definition) is 1. The fraction of sp³-hybridized carbons (Fsp3) is 0.421. The van der Waals surface area contributed by atoms with Crippen LogP contribution in [0.3, 0.4) is 0 Å². The molecule has 9 nitrogen and oxygen atoms in total. The molecule has 1 aliphatic rings. The van der Waals surface area contributed by atoms with Gasteiger partial charge in [0.05, 0.1) is 5.92 Å². The number of benzene rings is 1. The number of piperidine rings is 1. The van der Waals surface area contributed by atoms with E-state index in [9.17, 15) is 22.4 Å². The van der Waals surface area contributed by atoms with Crippen molar-refractivity contribution < 1.29 is 27.1 Å². The number of esters is 1. The van der Waals surface area contributed by atoms with Crippen molar-refractivity contribution in [3.63, 3.8) is 0 Å². The molecule has 1 aromatic heterocycles. The first-order valence-electron chi connectivity index (χ1n) is 9.39. The Bertz CT molecular complexity index is 1030. The Morgan fingerprint density at radius 2 is 2.00 bits per heavy atom. The molecule has 1 aromatic carbocycles. The standard InChI is InChI=1S/C19H23FN4O5S/c1-13-21-18(11-23(13)2)30(27,28)24-8-6-14(7-9-24)19(26)29-12-17(25)22-16-5-3-4-15(20)10-16/h3-5,10-11,14H,6-9,12H2,1-2H3,(H,22,25). The van der Waals surface area contributed by atoms with E-state index < -0.39 is 40.2 Å². The molecule has 1 aliphatic heterocycles. The fourth-order valence-electron chi connectivity index (χ4n) is 3.13. The van der Waals surface area contributed by atoms with E-state index in [0.29, 0.717) is 5.82 Å². The molecule has 1 amide bonds. The van der Waals surface area contributed by atoms with Gasteiger partial charge in [0, 0.05) is 32.0 Å². The minimum atomic E-state index is -3.72. The summed E-state index contributed by atoms with van der Waals surface area (Å²) >= 11 is 0. The number of hydrogen-bond acceptors (Lipinski definition) is 6. The second-order valence-electron chi connectivity index (χ2n) is 7.08. The van der Waals surface area contributed by atoms with E-state index in [1.165, 1.54) is 28.7 Å². The predicted molar refractivity (Wildman–Crippen MR) is 105 cm³/mol. The number of ether oxygens (including phenoxy) is 1. The van der Waals surface area contributed by atoms with Crippen LogP contribution in [-0.4, -0.2) is 53.8 Å². The van der Waals surface area contributed by atoms with Gasteiger partial charge in [0.2, 0.25) is 0 Å². The summed E-state index contributed by atoms with van der Waals surface area (Å²) in [5.74, 6) is -1.55. The van der Waals surface area contributed by atoms with Crippen molar-refractivity contribution in [2.24, 2.45) is 13.0 Å². The summed E-state index contributed by atoms with van der Waals surface area (Å²) in [5.41, 5.74) is 0.263. The van der Waals surface area contributed by atoms with Crippen LogP contribution in [0.2, 0.25) is 0 Å². The molecule has 162 valence electrons. The number of halogens is 1. The number of nitrogens with one attached hydrogen (secondary N) is 1. The molecule has 0 atom stereocenters. The van der Waals surface area contributed by atoms with Gasteiger partial charge in [0.15, 0.2) is 11.6 Å². The van der Waals surface area contributed by atoms with Crippen LogP contribution in [0.4, 0.5) is 10.1 Å². The van der Waals surface area contributed by atoms with Gasteiger partial charge in [-0.1, -0.05) is 6.07 Å². The van der Waals surface area contributed by atoms with Crippen LogP contribution in [0.5, 0.6) is 0 Å². The molecule has 1 fully saturated rings. The smallest absolute Gasteiger partial charge is 0.309 e. The molecule has 0 unspecified atom stereocenters. The summed E-state index contributed by atoms with van der Waals surface area (Å²) in [7, 11) is -2.01. The molecule has 1 saturated heterocycles. The molecule has 0 saturated carbocycles. The molecule has 3 rings (SSSR count). The molecule has 0 spiro atoms. The Morgan fingerprint density at radius 1 is 1.30 bits per heavy atom. The molecule has 0 radical (unpaired) electrons. The molecular formula is C19H23FN4O5S. The van der Waals surface area contributed by atoms with Crippen LogP contribution >= 0.6 is 0 Å². The van der Waals surface area contributed by atoms with Crippen LogP contribution in [0.15, 0.2) is 35.5 Å². The molecule has 2 aromatic rings. The lowest BCUT2D eigenvalue weighted by molar-refractivity contribution is -0.152. The van der Waals surface area contributed by atoms with Gasteiger partial charge in [-0.25, -0.2) is 17.8 Å². The van der Waals surface area contributed by atoms with Crippen molar-refractivity contribution >= 4 is 27.6 Å². The molecule has 0 bridgehead atoms. The number of imidazole rings is 1. The number of rotatable bonds is 6. The van der Waals surface area contributed by atoms with E-state index in [0.717, 1.165) is 6.07 Å². The number of carbonyl (C=O) groups is 2.